The Balaban J connectivity index is 1.44. The number of nitrogens with zero attached hydrogens (tertiary/aromatic N) is 1. The van der Waals surface area contributed by atoms with Crippen molar-refractivity contribution in [3.05, 3.63) is 146 Å². The van der Waals surface area contributed by atoms with Crippen LogP contribution in [0.1, 0.15) is 0 Å². The monoisotopic (exact) mass is 569 g/mol. The van der Waals surface area contributed by atoms with Crippen molar-refractivity contribution in [2.24, 2.45) is 0 Å². The van der Waals surface area contributed by atoms with E-state index in [0.29, 0.717) is 0 Å². The molecular formula is C35H24NPSe. The van der Waals surface area contributed by atoms with Gasteiger partial charge in [0.2, 0.25) is 0 Å². The van der Waals surface area contributed by atoms with Gasteiger partial charge >= 0.3 is 231 Å². The summed E-state index contributed by atoms with van der Waals surface area (Å²) < 4.78 is 0. The molecule has 0 aliphatic heterocycles. The number of fused-ring (bicyclic) bond motifs is 4. The first-order chi connectivity index (χ1) is 18.7. The van der Waals surface area contributed by atoms with Crippen molar-refractivity contribution in [1.29, 1.82) is 0 Å². The molecule has 180 valence electrons. The Labute approximate surface area is 230 Å². The summed E-state index contributed by atoms with van der Waals surface area (Å²) in [5, 5.41) is 10.2. The molecule has 0 aliphatic carbocycles. The van der Waals surface area contributed by atoms with Crippen molar-refractivity contribution < 1.29 is 0 Å². The topological polar surface area (TPSA) is 12.9 Å². The molecule has 0 aliphatic rings. The summed E-state index contributed by atoms with van der Waals surface area (Å²) in [4.78, 5) is 4.76. The standard InChI is InChI=1S/C35H24NPSe/c38-37(28-13-2-1-3-14-28,34-18-8-12-25-10-4-6-15-30(25)34)29-21-19-26(20-22-29)33-24-27-11-5-7-16-31(27)35-32(33)17-9-23-36-35/h1-24H. The molecule has 0 spiro atoms. The van der Waals surface area contributed by atoms with Crippen molar-refractivity contribution in [2.45, 2.75) is 0 Å². The number of benzene rings is 6. The van der Waals surface area contributed by atoms with E-state index < -0.39 is 5.51 Å². The average molecular weight is 569 g/mol. The molecule has 0 bridgehead atoms. The van der Waals surface area contributed by atoms with E-state index in [-0.39, 0.29) is 0 Å². The first kappa shape index (κ1) is 23.3. The van der Waals surface area contributed by atoms with Gasteiger partial charge in [-0.1, -0.05) is 0 Å². The normalized spacial score (nSPS) is 13.1. The first-order valence-corrected chi connectivity index (χ1v) is 16.8. The third-order valence-corrected chi connectivity index (χ3v) is 14.4. The van der Waals surface area contributed by atoms with Gasteiger partial charge in [-0.2, -0.15) is 0 Å². The molecule has 1 aromatic heterocycles. The second kappa shape index (κ2) is 9.50. The second-order valence-electron chi connectivity index (χ2n) is 9.53. The Kier molecular flexibility index (Phi) is 5.83. The predicted octanol–water partition coefficient (Wildman–Crippen LogP) is 7.59. The fourth-order valence-corrected chi connectivity index (χ4v) is 10.9. The van der Waals surface area contributed by atoms with Gasteiger partial charge in [-0.15, -0.1) is 0 Å². The van der Waals surface area contributed by atoms with Gasteiger partial charge < -0.3 is 0 Å². The summed E-state index contributed by atoms with van der Waals surface area (Å²) >= 11 is 3.75. The van der Waals surface area contributed by atoms with E-state index in [1.807, 2.05) is 12.3 Å². The van der Waals surface area contributed by atoms with Gasteiger partial charge in [0.05, 0.1) is 0 Å². The van der Waals surface area contributed by atoms with Crippen LogP contribution in [0, 0.1) is 0 Å². The van der Waals surface area contributed by atoms with Crippen LogP contribution in [0.3, 0.4) is 0 Å². The van der Waals surface area contributed by atoms with Gasteiger partial charge in [0.15, 0.2) is 0 Å². The number of aromatic nitrogens is 1. The SMILES string of the molecule is [Se]=P(c1ccccc1)(c1ccc(-c2cc3ccccc3c3ncccc23)cc1)c1cccc2ccccc12. The van der Waals surface area contributed by atoms with E-state index in [2.05, 4.69) is 149 Å². The first-order valence-electron chi connectivity index (χ1n) is 12.7. The van der Waals surface area contributed by atoms with E-state index >= 15 is 0 Å². The van der Waals surface area contributed by atoms with Crippen LogP contribution in [-0.2, 0) is 0 Å². The number of pyridine rings is 1. The Bertz CT molecular complexity index is 1990. The van der Waals surface area contributed by atoms with Crippen LogP contribution in [0.25, 0.3) is 43.6 Å². The third-order valence-electron chi connectivity index (χ3n) is 7.38. The van der Waals surface area contributed by atoms with Crippen molar-refractivity contribution in [1.82, 2.24) is 4.98 Å². The molecule has 0 fully saturated rings. The zero-order chi connectivity index (χ0) is 25.5. The van der Waals surface area contributed by atoms with Gasteiger partial charge in [-0.3, -0.25) is 0 Å². The van der Waals surface area contributed by atoms with E-state index in [9.17, 15) is 0 Å². The van der Waals surface area contributed by atoms with Crippen LogP contribution in [0.15, 0.2) is 146 Å². The molecule has 0 N–H and O–H groups in total. The van der Waals surface area contributed by atoms with Gasteiger partial charge in [-0.25, -0.2) is 0 Å². The van der Waals surface area contributed by atoms with Gasteiger partial charge in [0.25, 0.3) is 0 Å². The van der Waals surface area contributed by atoms with Gasteiger partial charge in [0.1, 0.15) is 0 Å². The Morgan fingerprint density at radius 2 is 1.13 bits per heavy atom. The molecule has 0 radical (unpaired) electrons. The summed E-state index contributed by atoms with van der Waals surface area (Å²) in [5.41, 5.74) is 1.46. The third kappa shape index (κ3) is 3.77. The Morgan fingerprint density at radius 1 is 0.500 bits per heavy atom. The van der Waals surface area contributed by atoms with Crippen LogP contribution in [-0.4, -0.2) is 20.1 Å². The summed E-state index contributed by atoms with van der Waals surface area (Å²) in [6.45, 7) is 0. The molecule has 3 heteroatoms. The maximum absolute atomic E-state index is 4.76. The molecule has 1 atom stereocenters. The maximum atomic E-state index is 4.76. The number of hydrogen-bond acceptors (Lipinski definition) is 1. The second-order valence-corrected chi connectivity index (χ2v) is 15.7. The van der Waals surface area contributed by atoms with E-state index in [0.717, 1.165) is 5.52 Å². The van der Waals surface area contributed by atoms with Crippen molar-refractivity contribution in [3.63, 3.8) is 0 Å². The van der Waals surface area contributed by atoms with Crippen LogP contribution >= 0.6 is 5.51 Å². The van der Waals surface area contributed by atoms with Crippen LogP contribution in [0.2, 0.25) is 0 Å². The molecule has 7 aromatic rings. The van der Waals surface area contributed by atoms with Crippen molar-refractivity contribution >= 4 is 69.0 Å². The average Bonchev–Trinajstić information content (AvgIpc) is 3.00. The van der Waals surface area contributed by atoms with Gasteiger partial charge in [0, 0.05) is 0 Å². The molecular weight excluding hydrogens is 544 g/mol. The molecule has 6 aromatic carbocycles. The zero-order valence-corrected chi connectivity index (χ0v) is 23.3. The molecule has 0 amide bonds. The summed E-state index contributed by atoms with van der Waals surface area (Å²) in [5.74, 6) is 0. The molecule has 38 heavy (non-hydrogen) atoms. The van der Waals surface area contributed by atoms with Gasteiger partial charge in [-0.05, 0) is 0 Å². The fourth-order valence-electron chi connectivity index (χ4n) is 5.55. The summed E-state index contributed by atoms with van der Waals surface area (Å²) in [6, 6.07) is 50.6. The Hall–Kier alpha value is -3.80. The van der Waals surface area contributed by atoms with Crippen LogP contribution in [0.5, 0.6) is 0 Å². The molecule has 1 heterocycles. The summed E-state index contributed by atoms with van der Waals surface area (Å²) in [7, 11) is 0. The molecule has 0 saturated heterocycles. The quantitative estimate of drug-likeness (QED) is 0.121. The zero-order valence-electron chi connectivity index (χ0n) is 20.7. The minimum absolute atomic E-state index is 1.05. The summed E-state index contributed by atoms with van der Waals surface area (Å²) in [6.07, 6.45) is 1.89. The van der Waals surface area contributed by atoms with E-state index in [1.54, 1.807) is 0 Å². The van der Waals surface area contributed by atoms with E-state index in [4.69, 9.17) is 4.98 Å². The van der Waals surface area contributed by atoms with Crippen LogP contribution in [0.4, 0.5) is 0 Å². The van der Waals surface area contributed by atoms with Crippen LogP contribution < -0.4 is 15.9 Å². The van der Waals surface area contributed by atoms with Crippen molar-refractivity contribution in [3.8, 4) is 11.1 Å². The molecule has 1 nitrogen and oxygen atoms in total. The Morgan fingerprint density at radius 3 is 1.95 bits per heavy atom. The molecule has 7 rings (SSSR count). The number of hydrogen-bond donors (Lipinski definition) is 0. The molecule has 1 unspecified atom stereocenters. The number of rotatable bonds is 4. The van der Waals surface area contributed by atoms with E-state index in [1.165, 1.54) is 54.0 Å². The van der Waals surface area contributed by atoms with Crippen molar-refractivity contribution in [2.75, 3.05) is 0 Å². The predicted molar refractivity (Wildman–Crippen MR) is 167 cm³/mol. The molecule has 0 saturated carbocycles. The minimum atomic E-state index is -2.01. The fraction of sp³-hybridized carbons (Fsp3) is 0.